The first kappa shape index (κ1) is 12.4. The molecule has 20 heavy (non-hydrogen) atoms. The second-order valence-electron chi connectivity index (χ2n) is 4.82. The number of rotatable bonds is 1. The maximum Gasteiger partial charge on any atom is 0.338 e. The van der Waals surface area contributed by atoms with Crippen molar-refractivity contribution in [2.75, 3.05) is 0 Å². The zero-order valence-electron chi connectivity index (χ0n) is 11.2. The number of aromatic nitrogens is 1. The molecule has 4 nitrogen and oxygen atoms in total. The molecule has 1 aliphatic rings. The lowest BCUT2D eigenvalue weighted by atomic mass is 9.92. The highest BCUT2D eigenvalue weighted by Crippen LogP contribution is 2.33. The second-order valence-corrected chi connectivity index (χ2v) is 4.82. The summed E-state index contributed by atoms with van der Waals surface area (Å²) >= 11 is 0. The second kappa shape index (κ2) is 4.46. The Morgan fingerprint density at radius 2 is 2.05 bits per heavy atom. The predicted molar refractivity (Wildman–Crippen MR) is 73.0 cm³/mol. The number of hydrogen-bond donors (Lipinski definition) is 0. The van der Waals surface area contributed by atoms with Gasteiger partial charge in [0.25, 0.3) is 0 Å². The molecule has 1 aliphatic heterocycles. The first-order chi connectivity index (χ1) is 9.61. The lowest BCUT2D eigenvalue weighted by Gasteiger charge is -2.11. The van der Waals surface area contributed by atoms with Crippen LogP contribution in [-0.2, 0) is 11.3 Å². The van der Waals surface area contributed by atoms with Gasteiger partial charge in [0.1, 0.15) is 12.7 Å². The number of nitriles is 1. The Kier molecular flexibility index (Phi) is 2.76. The summed E-state index contributed by atoms with van der Waals surface area (Å²) in [5.41, 5.74) is 5.91. The molecule has 0 radical (unpaired) electrons. The molecular weight excluding hydrogens is 252 g/mol. The van der Waals surface area contributed by atoms with Crippen LogP contribution in [0.2, 0.25) is 0 Å². The smallest absolute Gasteiger partial charge is 0.338 e. The molecule has 0 saturated heterocycles. The predicted octanol–water partition coefficient (Wildman–Crippen LogP) is 2.91. The summed E-state index contributed by atoms with van der Waals surface area (Å²) in [6.07, 6.45) is 1.54. The van der Waals surface area contributed by atoms with Crippen LogP contribution >= 0.6 is 0 Å². The summed E-state index contributed by atoms with van der Waals surface area (Å²) in [4.78, 5) is 16.0. The van der Waals surface area contributed by atoms with Crippen molar-refractivity contribution in [2.45, 2.75) is 20.5 Å². The van der Waals surface area contributed by atoms with Crippen molar-refractivity contribution in [3.05, 3.63) is 52.2 Å². The average molecular weight is 264 g/mol. The van der Waals surface area contributed by atoms with E-state index < -0.39 is 0 Å². The van der Waals surface area contributed by atoms with Crippen LogP contribution in [0.15, 0.2) is 24.4 Å². The Morgan fingerprint density at radius 3 is 2.70 bits per heavy atom. The zero-order chi connectivity index (χ0) is 14.3. The molecule has 0 atom stereocenters. The van der Waals surface area contributed by atoms with Crippen LogP contribution in [0.5, 0.6) is 0 Å². The van der Waals surface area contributed by atoms with E-state index in [9.17, 15) is 4.79 Å². The minimum absolute atomic E-state index is 0.280. The minimum atomic E-state index is -0.280. The van der Waals surface area contributed by atoms with Gasteiger partial charge in [-0.2, -0.15) is 5.26 Å². The van der Waals surface area contributed by atoms with Gasteiger partial charge in [-0.15, -0.1) is 0 Å². The van der Waals surface area contributed by atoms with Crippen molar-refractivity contribution >= 4 is 5.97 Å². The van der Waals surface area contributed by atoms with Gasteiger partial charge in [-0.1, -0.05) is 0 Å². The SMILES string of the molecule is Cc1c(-c2ccc(C#N)cn2)cc2c(c1C)COC2=O. The molecule has 98 valence electrons. The number of carbonyl (C=O) groups excluding carboxylic acids is 1. The fraction of sp³-hybridized carbons (Fsp3) is 0.188. The van der Waals surface area contributed by atoms with Crippen molar-refractivity contribution in [3.63, 3.8) is 0 Å². The van der Waals surface area contributed by atoms with E-state index in [2.05, 4.69) is 4.98 Å². The number of cyclic esters (lactones) is 1. The third kappa shape index (κ3) is 1.76. The quantitative estimate of drug-likeness (QED) is 0.743. The fourth-order valence-electron chi connectivity index (χ4n) is 2.44. The van der Waals surface area contributed by atoms with Crippen LogP contribution in [0.3, 0.4) is 0 Å². The monoisotopic (exact) mass is 264 g/mol. The molecule has 2 heterocycles. The number of carbonyl (C=O) groups is 1. The molecule has 0 N–H and O–H groups in total. The molecule has 0 aliphatic carbocycles. The van der Waals surface area contributed by atoms with E-state index in [1.54, 1.807) is 12.1 Å². The maximum absolute atomic E-state index is 11.7. The van der Waals surface area contributed by atoms with Gasteiger partial charge >= 0.3 is 5.97 Å². The Morgan fingerprint density at radius 1 is 1.25 bits per heavy atom. The van der Waals surface area contributed by atoms with Crippen LogP contribution in [-0.4, -0.2) is 11.0 Å². The van der Waals surface area contributed by atoms with E-state index in [1.165, 1.54) is 6.20 Å². The highest BCUT2D eigenvalue weighted by molar-refractivity contribution is 5.95. The standard InChI is InChI=1S/C16H12N2O2/c1-9-10(2)14-8-20-16(19)13(14)5-12(9)15-4-3-11(6-17)7-18-15/h3-5,7H,8H2,1-2H3. The Balaban J connectivity index is 2.19. The molecule has 0 fully saturated rings. The topological polar surface area (TPSA) is 63.0 Å². The maximum atomic E-state index is 11.7. The summed E-state index contributed by atoms with van der Waals surface area (Å²) in [5.74, 6) is -0.280. The lowest BCUT2D eigenvalue weighted by Crippen LogP contribution is -1.99. The third-order valence-corrected chi connectivity index (χ3v) is 3.77. The van der Waals surface area contributed by atoms with E-state index in [0.29, 0.717) is 17.7 Å². The molecule has 0 spiro atoms. The largest absolute Gasteiger partial charge is 0.457 e. The van der Waals surface area contributed by atoms with Gasteiger partial charge in [0.15, 0.2) is 0 Å². The normalized spacial score (nSPS) is 12.8. The number of ether oxygens (including phenoxy) is 1. The molecule has 0 unspecified atom stereocenters. The van der Waals surface area contributed by atoms with Gasteiger partial charge in [0, 0.05) is 17.3 Å². The van der Waals surface area contributed by atoms with E-state index in [-0.39, 0.29) is 5.97 Å². The number of pyridine rings is 1. The van der Waals surface area contributed by atoms with Crippen molar-refractivity contribution < 1.29 is 9.53 Å². The van der Waals surface area contributed by atoms with Crippen LogP contribution in [0.1, 0.15) is 32.6 Å². The van der Waals surface area contributed by atoms with Crippen LogP contribution in [0, 0.1) is 25.2 Å². The molecule has 3 rings (SSSR count). The Labute approximate surface area is 116 Å². The van der Waals surface area contributed by atoms with Gasteiger partial charge in [-0.05, 0) is 43.2 Å². The molecule has 0 saturated carbocycles. The first-order valence-corrected chi connectivity index (χ1v) is 6.28. The van der Waals surface area contributed by atoms with Gasteiger partial charge in [-0.3, -0.25) is 4.98 Å². The summed E-state index contributed by atoms with van der Waals surface area (Å²) < 4.78 is 5.08. The highest BCUT2D eigenvalue weighted by atomic mass is 16.5. The van der Waals surface area contributed by atoms with Gasteiger partial charge in [0.2, 0.25) is 0 Å². The summed E-state index contributed by atoms with van der Waals surface area (Å²) in [6, 6.07) is 7.40. The van der Waals surface area contributed by atoms with E-state index in [0.717, 1.165) is 27.9 Å². The van der Waals surface area contributed by atoms with E-state index in [1.807, 2.05) is 26.0 Å². The number of fused-ring (bicyclic) bond motifs is 1. The van der Waals surface area contributed by atoms with Gasteiger partial charge in [0.05, 0.1) is 16.8 Å². The molecule has 1 aromatic carbocycles. The van der Waals surface area contributed by atoms with Crippen LogP contribution < -0.4 is 0 Å². The fourth-order valence-corrected chi connectivity index (χ4v) is 2.44. The van der Waals surface area contributed by atoms with Crippen molar-refractivity contribution in [1.82, 2.24) is 4.98 Å². The number of nitrogens with zero attached hydrogens (tertiary/aromatic N) is 2. The number of benzene rings is 1. The molecule has 0 bridgehead atoms. The molecule has 1 aromatic heterocycles. The van der Waals surface area contributed by atoms with Crippen molar-refractivity contribution in [3.8, 4) is 17.3 Å². The van der Waals surface area contributed by atoms with Crippen molar-refractivity contribution in [1.29, 1.82) is 5.26 Å². The summed E-state index contributed by atoms with van der Waals surface area (Å²) in [7, 11) is 0. The van der Waals surface area contributed by atoms with E-state index >= 15 is 0 Å². The van der Waals surface area contributed by atoms with Gasteiger partial charge in [-0.25, -0.2) is 4.79 Å². The Bertz CT molecular complexity index is 756. The van der Waals surface area contributed by atoms with Crippen LogP contribution in [0.4, 0.5) is 0 Å². The zero-order valence-corrected chi connectivity index (χ0v) is 11.2. The molecular formula is C16H12N2O2. The van der Waals surface area contributed by atoms with Crippen molar-refractivity contribution in [2.24, 2.45) is 0 Å². The average Bonchev–Trinajstić information content (AvgIpc) is 2.84. The number of esters is 1. The third-order valence-electron chi connectivity index (χ3n) is 3.77. The van der Waals surface area contributed by atoms with Crippen LogP contribution in [0.25, 0.3) is 11.3 Å². The first-order valence-electron chi connectivity index (χ1n) is 6.28. The highest BCUT2D eigenvalue weighted by Gasteiger charge is 2.25. The molecule has 0 amide bonds. The summed E-state index contributed by atoms with van der Waals surface area (Å²) in [6.45, 7) is 4.35. The minimum Gasteiger partial charge on any atom is -0.457 e. The lowest BCUT2D eigenvalue weighted by molar-refractivity contribution is 0.0535. The number of hydrogen-bond acceptors (Lipinski definition) is 4. The molecule has 4 heteroatoms. The Hall–Kier alpha value is -2.67. The summed E-state index contributed by atoms with van der Waals surface area (Å²) in [5, 5.41) is 8.81. The van der Waals surface area contributed by atoms with E-state index in [4.69, 9.17) is 10.00 Å². The molecule has 2 aromatic rings. The van der Waals surface area contributed by atoms with Gasteiger partial charge < -0.3 is 4.74 Å².